The molecule has 0 aliphatic carbocycles. The van der Waals surface area contributed by atoms with Crippen molar-refractivity contribution in [1.29, 1.82) is 0 Å². The quantitative estimate of drug-likeness (QED) is 0.856. The van der Waals surface area contributed by atoms with Crippen LogP contribution in [0.3, 0.4) is 0 Å². The molecule has 0 aliphatic rings. The molecule has 4 nitrogen and oxygen atoms in total. The minimum absolute atomic E-state index is 0.309. The fraction of sp³-hybridized carbons (Fsp3) is 0.533. The van der Waals surface area contributed by atoms with Crippen LogP contribution in [0, 0.1) is 6.92 Å². The van der Waals surface area contributed by atoms with E-state index in [-0.39, 0.29) is 0 Å². The Bertz CT molecular complexity index is 479. The largest absolute Gasteiger partial charge is 0.496 e. The number of aryl methyl sites for hydroxylation is 1. The molecule has 1 aromatic rings. The number of ether oxygens (including phenoxy) is 1. The lowest BCUT2D eigenvalue weighted by Crippen LogP contribution is -2.40. The Labute approximate surface area is 114 Å². The summed E-state index contributed by atoms with van der Waals surface area (Å²) in [4.78, 5) is 11.2. The van der Waals surface area contributed by atoms with Crippen molar-refractivity contribution < 1.29 is 14.6 Å². The lowest BCUT2D eigenvalue weighted by atomic mass is 9.97. The highest BCUT2D eigenvalue weighted by atomic mass is 16.5. The lowest BCUT2D eigenvalue weighted by molar-refractivity contribution is -0.141. The van der Waals surface area contributed by atoms with Gasteiger partial charge in [-0.1, -0.05) is 13.8 Å². The van der Waals surface area contributed by atoms with Crippen LogP contribution >= 0.6 is 0 Å². The summed E-state index contributed by atoms with van der Waals surface area (Å²) in [6, 6.07) is 3.92. The molecule has 0 fully saturated rings. The summed E-state index contributed by atoms with van der Waals surface area (Å²) in [5.41, 5.74) is 1.86. The van der Waals surface area contributed by atoms with Crippen LogP contribution in [0.25, 0.3) is 0 Å². The highest BCUT2D eigenvalue weighted by Gasteiger charge is 2.27. The number of methoxy groups -OCH3 is 1. The molecule has 0 unspecified atom stereocenters. The lowest BCUT2D eigenvalue weighted by Gasteiger charge is -2.25. The van der Waals surface area contributed by atoms with E-state index in [9.17, 15) is 9.90 Å². The number of benzene rings is 1. The molecule has 0 amide bonds. The van der Waals surface area contributed by atoms with Gasteiger partial charge in [-0.2, -0.15) is 0 Å². The van der Waals surface area contributed by atoms with Crippen LogP contribution < -0.4 is 10.1 Å². The second-order valence-corrected chi connectivity index (χ2v) is 5.62. The van der Waals surface area contributed by atoms with Gasteiger partial charge in [-0.15, -0.1) is 0 Å². The van der Waals surface area contributed by atoms with Crippen molar-refractivity contribution in [2.45, 2.75) is 46.1 Å². The van der Waals surface area contributed by atoms with Crippen molar-refractivity contribution in [3.63, 3.8) is 0 Å². The molecule has 0 aliphatic heterocycles. The van der Waals surface area contributed by atoms with Gasteiger partial charge in [-0.05, 0) is 49.9 Å². The Morgan fingerprint density at radius 1 is 1.37 bits per heavy atom. The molecule has 0 heterocycles. The van der Waals surface area contributed by atoms with Crippen LogP contribution in [-0.2, 0) is 4.79 Å². The second-order valence-electron chi connectivity index (χ2n) is 5.62. The molecule has 0 saturated heterocycles. The predicted octanol–water partition coefficient (Wildman–Crippen LogP) is 3.40. The summed E-state index contributed by atoms with van der Waals surface area (Å²) in [5, 5.41) is 12.3. The molecule has 0 aromatic heterocycles. The third kappa shape index (κ3) is 3.40. The number of rotatable bonds is 5. The van der Waals surface area contributed by atoms with Crippen molar-refractivity contribution in [1.82, 2.24) is 0 Å². The zero-order valence-electron chi connectivity index (χ0n) is 12.5. The summed E-state index contributed by atoms with van der Waals surface area (Å²) >= 11 is 0. The van der Waals surface area contributed by atoms with Gasteiger partial charge in [0, 0.05) is 5.69 Å². The van der Waals surface area contributed by atoms with Gasteiger partial charge in [-0.3, -0.25) is 0 Å². The van der Waals surface area contributed by atoms with E-state index in [2.05, 4.69) is 19.2 Å². The van der Waals surface area contributed by atoms with Crippen LogP contribution in [0.15, 0.2) is 12.1 Å². The van der Waals surface area contributed by atoms with Crippen molar-refractivity contribution in [2.24, 2.45) is 0 Å². The molecule has 0 radical (unpaired) electrons. The van der Waals surface area contributed by atoms with Gasteiger partial charge in [0.15, 0.2) is 0 Å². The van der Waals surface area contributed by atoms with Gasteiger partial charge in [0.2, 0.25) is 0 Å². The van der Waals surface area contributed by atoms with E-state index in [1.165, 1.54) is 0 Å². The minimum atomic E-state index is -1.01. The predicted molar refractivity (Wildman–Crippen MR) is 77.2 cm³/mol. The maximum atomic E-state index is 11.2. The van der Waals surface area contributed by atoms with E-state index in [0.29, 0.717) is 5.92 Å². The number of nitrogens with one attached hydrogen (secondary N) is 1. The number of carboxylic acid groups (broad SMARTS) is 1. The number of hydrogen-bond acceptors (Lipinski definition) is 3. The van der Waals surface area contributed by atoms with E-state index < -0.39 is 11.5 Å². The van der Waals surface area contributed by atoms with Crippen molar-refractivity contribution in [3.8, 4) is 5.75 Å². The average molecular weight is 265 g/mol. The first-order valence-corrected chi connectivity index (χ1v) is 6.39. The average Bonchev–Trinajstić information content (AvgIpc) is 2.30. The summed E-state index contributed by atoms with van der Waals surface area (Å²) in [5.74, 6) is 0.268. The van der Waals surface area contributed by atoms with E-state index in [1.54, 1.807) is 21.0 Å². The molecule has 1 aromatic carbocycles. The summed E-state index contributed by atoms with van der Waals surface area (Å²) in [6.45, 7) is 9.40. The molecule has 2 N–H and O–H groups in total. The zero-order chi connectivity index (χ0) is 14.8. The minimum Gasteiger partial charge on any atom is -0.496 e. The van der Waals surface area contributed by atoms with Gasteiger partial charge in [0.1, 0.15) is 11.3 Å². The molecule has 4 heteroatoms. The van der Waals surface area contributed by atoms with Gasteiger partial charge in [0.05, 0.1) is 7.11 Å². The van der Waals surface area contributed by atoms with Gasteiger partial charge in [0.25, 0.3) is 0 Å². The Morgan fingerprint density at radius 2 is 1.95 bits per heavy atom. The van der Waals surface area contributed by atoms with E-state index in [4.69, 9.17) is 4.74 Å². The SMILES string of the molecule is COc1cc(C)c(NC(C)(C)C(=O)O)cc1C(C)C. The Morgan fingerprint density at radius 3 is 2.37 bits per heavy atom. The van der Waals surface area contributed by atoms with Crippen LogP contribution in [0.5, 0.6) is 5.75 Å². The van der Waals surface area contributed by atoms with Gasteiger partial charge in [-0.25, -0.2) is 4.79 Å². The van der Waals surface area contributed by atoms with Crippen molar-refractivity contribution >= 4 is 11.7 Å². The topological polar surface area (TPSA) is 58.6 Å². The van der Waals surface area contributed by atoms with Gasteiger partial charge >= 0.3 is 5.97 Å². The molecule has 1 rings (SSSR count). The monoisotopic (exact) mass is 265 g/mol. The standard InChI is InChI=1S/C15H23NO3/c1-9(2)11-8-12(10(3)7-13(11)19-6)16-15(4,5)14(17)18/h7-9,16H,1-6H3,(H,17,18). The van der Waals surface area contributed by atoms with E-state index in [0.717, 1.165) is 22.6 Å². The molecule has 106 valence electrons. The maximum Gasteiger partial charge on any atom is 0.328 e. The first-order chi connectivity index (χ1) is 8.69. The Kier molecular flexibility index (Phi) is 4.45. The highest BCUT2D eigenvalue weighted by molar-refractivity contribution is 5.82. The summed E-state index contributed by atoms with van der Waals surface area (Å²) < 4.78 is 5.38. The highest BCUT2D eigenvalue weighted by Crippen LogP contribution is 2.33. The van der Waals surface area contributed by atoms with E-state index in [1.807, 2.05) is 19.1 Å². The van der Waals surface area contributed by atoms with Crippen molar-refractivity contribution in [2.75, 3.05) is 12.4 Å². The molecule has 0 spiro atoms. The molecule has 0 atom stereocenters. The van der Waals surface area contributed by atoms with Crippen LogP contribution in [0.2, 0.25) is 0 Å². The number of aliphatic carboxylic acids is 1. The van der Waals surface area contributed by atoms with Gasteiger partial charge < -0.3 is 15.2 Å². The Hall–Kier alpha value is -1.71. The molecule has 0 saturated carbocycles. The number of carboxylic acids is 1. The first kappa shape index (κ1) is 15.3. The zero-order valence-corrected chi connectivity index (χ0v) is 12.5. The molecular formula is C15H23NO3. The third-order valence-corrected chi connectivity index (χ3v) is 3.18. The van der Waals surface area contributed by atoms with Crippen molar-refractivity contribution in [3.05, 3.63) is 23.3 Å². The fourth-order valence-electron chi connectivity index (χ4n) is 1.85. The number of hydrogen-bond donors (Lipinski definition) is 2. The smallest absolute Gasteiger partial charge is 0.328 e. The first-order valence-electron chi connectivity index (χ1n) is 6.39. The van der Waals surface area contributed by atoms with Crippen LogP contribution in [0.1, 0.15) is 44.7 Å². The molecular weight excluding hydrogens is 242 g/mol. The maximum absolute atomic E-state index is 11.2. The van der Waals surface area contributed by atoms with Crippen LogP contribution in [-0.4, -0.2) is 23.7 Å². The summed E-state index contributed by atoms with van der Waals surface area (Å²) in [6.07, 6.45) is 0. The molecule has 0 bridgehead atoms. The number of carbonyl (C=O) groups is 1. The molecule has 19 heavy (non-hydrogen) atoms. The fourth-order valence-corrected chi connectivity index (χ4v) is 1.85. The number of anilines is 1. The van der Waals surface area contributed by atoms with E-state index >= 15 is 0 Å². The third-order valence-electron chi connectivity index (χ3n) is 3.18. The normalized spacial score (nSPS) is 11.5. The van der Waals surface area contributed by atoms with Crippen LogP contribution in [0.4, 0.5) is 5.69 Å². The summed E-state index contributed by atoms with van der Waals surface area (Å²) in [7, 11) is 1.65. The Balaban J connectivity index is 3.22. The second kappa shape index (κ2) is 5.51.